The summed E-state index contributed by atoms with van der Waals surface area (Å²) in [5.41, 5.74) is 1.72. The second kappa shape index (κ2) is 2.70. The van der Waals surface area contributed by atoms with Gasteiger partial charge in [-0.2, -0.15) is 0 Å². The van der Waals surface area contributed by atoms with Gasteiger partial charge in [0.2, 0.25) is 9.84 Å². The molecule has 1 aromatic carbocycles. The predicted octanol–water partition coefficient (Wildman–Crippen LogP) is 2.01. The van der Waals surface area contributed by atoms with Gasteiger partial charge >= 0.3 is 0 Å². The van der Waals surface area contributed by atoms with Gasteiger partial charge in [0.1, 0.15) is 0 Å². The second-order valence-electron chi connectivity index (χ2n) is 3.04. The summed E-state index contributed by atoms with van der Waals surface area (Å²) in [4.78, 5) is 0.498. The molecule has 0 saturated heterocycles. The molecule has 0 saturated carbocycles. The number of rotatable bonds is 1. The maximum Gasteiger partial charge on any atom is 0.200 e. The molecular formula is C10H10O2S. The van der Waals surface area contributed by atoms with Crippen molar-refractivity contribution in [1.29, 1.82) is 0 Å². The van der Waals surface area contributed by atoms with Gasteiger partial charge < -0.3 is 0 Å². The summed E-state index contributed by atoms with van der Waals surface area (Å²) in [6, 6.07) is 5.59. The van der Waals surface area contributed by atoms with Gasteiger partial charge in [-0.15, -0.1) is 0 Å². The van der Waals surface area contributed by atoms with Crippen molar-refractivity contribution in [2.75, 3.05) is 0 Å². The van der Waals surface area contributed by atoms with Crippen LogP contribution in [0.5, 0.6) is 0 Å². The average molecular weight is 194 g/mol. The van der Waals surface area contributed by atoms with Crippen LogP contribution in [-0.2, 0) is 16.3 Å². The zero-order valence-electron chi connectivity index (χ0n) is 7.32. The van der Waals surface area contributed by atoms with Crippen LogP contribution in [0.2, 0.25) is 0 Å². The molecule has 0 fully saturated rings. The molecule has 13 heavy (non-hydrogen) atoms. The molecule has 0 radical (unpaired) electrons. The van der Waals surface area contributed by atoms with Gasteiger partial charge in [-0.25, -0.2) is 8.42 Å². The van der Waals surface area contributed by atoms with Crippen molar-refractivity contribution < 1.29 is 8.42 Å². The number of hydrogen-bond acceptors (Lipinski definition) is 2. The van der Waals surface area contributed by atoms with Crippen LogP contribution in [0.1, 0.15) is 18.1 Å². The van der Waals surface area contributed by atoms with Crippen LogP contribution in [0, 0.1) is 0 Å². The van der Waals surface area contributed by atoms with Crippen LogP contribution in [-0.4, -0.2) is 8.42 Å². The van der Waals surface area contributed by atoms with E-state index in [9.17, 15) is 8.42 Å². The van der Waals surface area contributed by atoms with Crippen LogP contribution in [0.3, 0.4) is 0 Å². The molecule has 1 aromatic rings. The normalized spacial score (nSPS) is 17.3. The van der Waals surface area contributed by atoms with Crippen molar-refractivity contribution >= 4 is 15.9 Å². The fourth-order valence-electron chi connectivity index (χ4n) is 1.59. The third kappa shape index (κ3) is 1.20. The Balaban J connectivity index is 2.79. The van der Waals surface area contributed by atoms with Gasteiger partial charge in [-0.05, 0) is 23.6 Å². The summed E-state index contributed by atoms with van der Waals surface area (Å²) in [7, 11) is -3.13. The first-order valence-electron chi connectivity index (χ1n) is 4.20. The highest BCUT2D eigenvalue weighted by Crippen LogP contribution is 2.29. The zero-order valence-corrected chi connectivity index (χ0v) is 8.14. The molecule has 1 heterocycles. The molecule has 0 aliphatic carbocycles. The van der Waals surface area contributed by atoms with Crippen molar-refractivity contribution in [1.82, 2.24) is 0 Å². The first-order valence-corrected chi connectivity index (χ1v) is 5.75. The molecule has 2 nitrogen and oxygen atoms in total. The van der Waals surface area contributed by atoms with E-state index in [1.807, 2.05) is 25.1 Å². The van der Waals surface area contributed by atoms with Gasteiger partial charge in [0.05, 0.1) is 4.90 Å². The van der Waals surface area contributed by atoms with E-state index in [-0.39, 0.29) is 0 Å². The number of aryl methyl sites for hydroxylation is 1. The average Bonchev–Trinajstić information content (AvgIpc) is 2.43. The van der Waals surface area contributed by atoms with E-state index >= 15 is 0 Å². The molecule has 3 heteroatoms. The van der Waals surface area contributed by atoms with Crippen LogP contribution in [0.25, 0.3) is 6.08 Å². The lowest BCUT2D eigenvalue weighted by molar-refractivity contribution is 0.604. The Bertz CT molecular complexity index is 470. The Morgan fingerprint density at radius 2 is 2.08 bits per heavy atom. The van der Waals surface area contributed by atoms with Gasteiger partial charge in [0, 0.05) is 5.41 Å². The molecule has 1 aliphatic rings. The summed E-state index contributed by atoms with van der Waals surface area (Å²) < 4.78 is 23.1. The fourth-order valence-corrected chi connectivity index (χ4v) is 3.10. The van der Waals surface area contributed by atoms with E-state index in [1.165, 1.54) is 5.41 Å². The zero-order chi connectivity index (χ0) is 9.47. The predicted molar refractivity (Wildman–Crippen MR) is 52.0 cm³/mol. The number of fused-ring (bicyclic) bond motifs is 1. The smallest absolute Gasteiger partial charge is 0.200 e. The Kier molecular flexibility index (Phi) is 1.77. The van der Waals surface area contributed by atoms with Gasteiger partial charge in [-0.1, -0.05) is 25.1 Å². The Morgan fingerprint density at radius 1 is 1.31 bits per heavy atom. The van der Waals surface area contributed by atoms with Crippen molar-refractivity contribution in [2.24, 2.45) is 0 Å². The van der Waals surface area contributed by atoms with E-state index in [1.54, 1.807) is 6.08 Å². The SMILES string of the molecule is CCc1cccc2c1S(=O)(=O)C=C2. The fraction of sp³-hybridized carbons (Fsp3) is 0.200. The van der Waals surface area contributed by atoms with E-state index in [2.05, 4.69) is 0 Å². The van der Waals surface area contributed by atoms with E-state index in [4.69, 9.17) is 0 Å². The highest BCUT2D eigenvalue weighted by molar-refractivity contribution is 7.94. The maximum absolute atomic E-state index is 11.5. The number of hydrogen-bond donors (Lipinski definition) is 0. The van der Waals surface area contributed by atoms with Crippen molar-refractivity contribution in [3.05, 3.63) is 34.7 Å². The van der Waals surface area contributed by atoms with Gasteiger partial charge in [0.25, 0.3) is 0 Å². The topological polar surface area (TPSA) is 34.1 Å². The molecule has 0 N–H and O–H groups in total. The number of sulfone groups is 1. The maximum atomic E-state index is 11.5. The summed E-state index contributed by atoms with van der Waals surface area (Å²) in [6.45, 7) is 1.96. The third-order valence-corrected chi connectivity index (χ3v) is 3.78. The van der Waals surface area contributed by atoms with E-state index in [0.717, 1.165) is 17.5 Å². The third-order valence-electron chi connectivity index (χ3n) is 2.22. The monoisotopic (exact) mass is 194 g/mol. The number of benzene rings is 1. The minimum Gasteiger partial charge on any atom is -0.219 e. The first kappa shape index (κ1) is 8.51. The van der Waals surface area contributed by atoms with Crippen LogP contribution in [0.4, 0.5) is 0 Å². The minimum atomic E-state index is -3.13. The summed E-state index contributed by atoms with van der Waals surface area (Å²) in [5, 5.41) is 1.27. The molecule has 0 unspecified atom stereocenters. The molecule has 0 aromatic heterocycles. The quantitative estimate of drug-likeness (QED) is 0.685. The largest absolute Gasteiger partial charge is 0.219 e. The Labute approximate surface area is 77.8 Å². The van der Waals surface area contributed by atoms with Gasteiger partial charge in [-0.3, -0.25) is 0 Å². The van der Waals surface area contributed by atoms with Crippen LogP contribution < -0.4 is 0 Å². The molecule has 1 aliphatic heterocycles. The minimum absolute atomic E-state index is 0.498. The summed E-state index contributed by atoms with van der Waals surface area (Å²) >= 11 is 0. The molecule has 2 rings (SSSR count). The Morgan fingerprint density at radius 3 is 2.77 bits per heavy atom. The highest BCUT2D eigenvalue weighted by Gasteiger charge is 2.22. The second-order valence-corrected chi connectivity index (χ2v) is 4.81. The lowest BCUT2D eigenvalue weighted by Gasteiger charge is -2.04. The lowest BCUT2D eigenvalue weighted by Crippen LogP contribution is -1.98. The molecule has 0 spiro atoms. The van der Waals surface area contributed by atoms with E-state index in [0.29, 0.717) is 4.90 Å². The standard InChI is InChI=1S/C10H10O2S/c1-2-8-4-3-5-9-6-7-13(11,12)10(8)9/h3-7H,2H2,1H3. The van der Waals surface area contributed by atoms with E-state index < -0.39 is 9.84 Å². The molecule has 68 valence electrons. The molecular weight excluding hydrogens is 184 g/mol. The summed E-state index contributed by atoms with van der Waals surface area (Å²) in [6.07, 6.45) is 2.41. The molecule has 0 amide bonds. The summed E-state index contributed by atoms with van der Waals surface area (Å²) in [5.74, 6) is 0. The van der Waals surface area contributed by atoms with Crippen molar-refractivity contribution in [2.45, 2.75) is 18.2 Å². The highest BCUT2D eigenvalue weighted by atomic mass is 32.2. The molecule has 0 bridgehead atoms. The van der Waals surface area contributed by atoms with Crippen molar-refractivity contribution in [3.8, 4) is 0 Å². The molecule has 0 atom stereocenters. The lowest BCUT2D eigenvalue weighted by atomic mass is 10.1. The van der Waals surface area contributed by atoms with Crippen LogP contribution in [0.15, 0.2) is 28.5 Å². The van der Waals surface area contributed by atoms with Crippen molar-refractivity contribution in [3.63, 3.8) is 0 Å². The van der Waals surface area contributed by atoms with Crippen LogP contribution >= 0.6 is 0 Å². The Hall–Kier alpha value is -1.09. The van der Waals surface area contributed by atoms with Gasteiger partial charge in [0.15, 0.2) is 0 Å². The first-order chi connectivity index (χ1) is 6.15.